The van der Waals surface area contributed by atoms with Gasteiger partial charge in [-0.25, -0.2) is 8.42 Å². The highest BCUT2D eigenvalue weighted by Gasteiger charge is 2.55. The number of alkyl halides is 3. The van der Waals surface area contributed by atoms with Crippen LogP contribution in [0.4, 0.5) is 13.2 Å². The largest absolute Gasteiger partial charge is 0.501 e. The predicted molar refractivity (Wildman–Crippen MR) is 76.2 cm³/mol. The summed E-state index contributed by atoms with van der Waals surface area (Å²) in [6.07, 6.45) is 0.705. The van der Waals surface area contributed by atoms with E-state index < -0.39 is 49.8 Å². The van der Waals surface area contributed by atoms with E-state index >= 15 is 0 Å². The van der Waals surface area contributed by atoms with E-state index in [4.69, 9.17) is 4.74 Å². The summed E-state index contributed by atoms with van der Waals surface area (Å²) >= 11 is 0. The molecule has 1 aliphatic rings. The lowest BCUT2D eigenvalue weighted by atomic mass is 9.95. The van der Waals surface area contributed by atoms with Gasteiger partial charge in [0.25, 0.3) is 9.84 Å². The summed E-state index contributed by atoms with van der Waals surface area (Å²) in [7, 11) is -4.85. The summed E-state index contributed by atoms with van der Waals surface area (Å²) in [6.45, 7) is 4.01. The Bertz CT molecular complexity index is 648. The highest BCUT2D eigenvalue weighted by atomic mass is 32.2. The summed E-state index contributed by atoms with van der Waals surface area (Å²) in [4.78, 5) is 22.8. The van der Waals surface area contributed by atoms with Gasteiger partial charge in [-0.2, -0.15) is 13.2 Å². The van der Waals surface area contributed by atoms with Gasteiger partial charge in [-0.05, 0) is 20.8 Å². The smallest absolute Gasteiger partial charge is 0.468 e. The Labute approximate surface area is 137 Å². The van der Waals surface area contributed by atoms with E-state index in [-0.39, 0.29) is 6.54 Å². The van der Waals surface area contributed by atoms with Gasteiger partial charge in [0.15, 0.2) is 0 Å². The van der Waals surface area contributed by atoms with Crippen molar-refractivity contribution in [1.29, 1.82) is 0 Å². The van der Waals surface area contributed by atoms with E-state index in [9.17, 15) is 31.2 Å². The molecule has 0 fully saturated rings. The molecule has 0 spiro atoms. The number of esters is 2. The molecule has 0 amide bonds. The minimum absolute atomic E-state index is 0.357. The van der Waals surface area contributed by atoms with Crippen molar-refractivity contribution in [2.75, 3.05) is 13.7 Å². The molecule has 0 aromatic heterocycles. The molecule has 1 heterocycles. The van der Waals surface area contributed by atoms with Gasteiger partial charge in [-0.15, -0.1) is 0 Å². The van der Waals surface area contributed by atoms with Gasteiger partial charge in [0.05, 0.1) is 12.0 Å². The van der Waals surface area contributed by atoms with Crippen molar-refractivity contribution >= 4 is 21.8 Å². The highest BCUT2D eigenvalue weighted by Crippen LogP contribution is 2.37. The van der Waals surface area contributed by atoms with Crippen LogP contribution in [0.3, 0.4) is 0 Å². The first kappa shape index (κ1) is 20.4. The number of halogens is 3. The molecule has 0 aliphatic carbocycles. The molecule has 7 nitrogen and oxygen atoms in total. The molecule has 1 N–H and O–H groups in total. The molecule has 0 radical (unpaired) electrons. The lowest BCUT2D eigenvalue weighted by Gasteiger charge is -2.32. The van der Waals surface area contributed by atoms with Gasteiger partial charge in [0.2, 0.25) is 0 Å². The molecule has 2 atom stereocenters. The van der Waals surface area contributed by atoms with Crippen molar-refractivity contribution in [2.24, 2.45) is 5.92 Å². The molecular formula is C13H18F3NO6S. The maximum atomic E-state index is 12.9. The molecule has 0 aromatic carbocycles. The second-order valence-electron chi connectivity index (χ2n) is 5.98. The van der Waals surface area contributed by atoms with Crippen molar-refractivity contribution in [1.82, 2.24) is 5.32 Å². The number of carbonyl (C=O) groups is 2. The number of ether oxygens (including phenoxy) is 2. The normalized spacial score (nSPS) is 22.5. The number of nitrogens with one attached hydrogen (secondary N) is 1. The Morgan fingerprint density at radius 2 is 1.75 bits per heavy atom. The van der Waals surface area contributed by atoms with Crippen molar-refractivity contribution < 1.29 is 40.7 Å². The molecule has 138 valence electrons. The summed E-state index contributed by atoms with van der Waals surface area (Å²) in [5.74, 6) is -4.35. The average Bonchev–Trinajstić information content (AvgIpc) is 2.42. The van der Waals surface area contributed by atoms with E-state index in [0.717, 1.165) is 7.11 Å². The van der Waals surface area contributed by atoms with Crippen LogP contribution < -0.4 is 5.32 Å². The van der Waals surface area contributed by atoms with Crippen molar-refractivity contribution in [2.45, 2.75) is 37.9 Å². The van der Waals surface area contributed by atoms with Gasteiger partial charge in [0, 0.05) is 6.54 Å². The monoisotopic (exact) mass is 373 g/mol. The Kier molecular flexibility index (Phi) is 5.71. The molecule has 1 aliphatic heterocycles. The number of hydrogen-bond donors (Lipinski definition) is 1. The van der Waals surface area contributed by atoms with Gasteiger partial charge >= 0.3 is 17.4 Å². The summed E-state index contributed by atoms with van der Waals surface area (Å²) < 4.78 is 71.6. The number of methoxy groups -OCH3 is 1. The molecule has 1 rings (SSSR count). The number of sulfone groups is 1. The highest BCUT2D eigenvalue weighted by molar-refractivity contribution is 7.96. The Morgan fingerprint density at radius 3 is 2.17 bits per heavy atom. The number of rotatable bonds is 3. The van der Waals surface area contributed by atoms with E-state index in [0.29, 0.717) is 6.08 Å². The third kappa shape index (κ3) is 4.26. The zero-order valence-electron chi connectivity index (χ0n) is 13.4. The van der Waals surface area contributed by atoms with Crippen molar-refractivity contribution in [3.05, 3.63) is 11.0 Å². The standard InChI is InChI=1S/C13H18F3NO6S/c1-12(2,3)23-10(18)8-7(24(20,21)13(14,15)16)5-6-17-9(8)11(19)22-4/h5,8-9,17H,6H2,1-4H3. The van der Waals surface area contributed by atoms with Crippen LogP contribution in [-0.2, 0) is 28.9 Å². The molecular weight excluding hydrogens is 355 g/mol. The van der Waals surface area contributed by atoms with E-state index in [1.165, 1.54) is 20.8 Å². The fourth-order valence-corrected chi connectivity index (χ4v) is 3.21. The van der Waals surface area contributed by atoms with E-state index in [1.54, 1.807) is 0 Å². The van der Waals surface area contributed by atoms with Crippen LogP contribution in [0.2, 0.25) is 0 Å². The minimum Gasteiger partial charge on any atom is -0.468 e. The molecule has 11 heteroatoms. The predicted octanol–water partition coefficient (Wildman–Crippen LogP) is 0.908. The third-order valence-electron chi connectivity index (χ3n) is 3.01. The maximum Gasteiger partial charge on any atom is 0.501 e. The Morgan fingerprint density at radius 1 is 1.21 bits per heavy atom. The lowest BCUT2D eigenvalue weighted by Crippen LogP contribution is -2.53. The number of hydrogen-bond acceptors (Lipinski definition) is 7. The first-order chi connectivity index (χ1) is 10.7. The fourth-order valence-electron chi connectivity index (χ4n) is 2.07. The lowest BCUT2D eigenvalue weighted by molar-refractivity contribution is -0.163. The maximum absolute atomic E-state index is 12.9. The van der Waals surface area contributed by atoms with Gasteiger partial charge in [0.1, 0.15) is 17.6 Å². The first-order valence-electron chi connectivity index (χ1n) is 6.78. The number of carbonyl (C=O) groups excluding carboxylic acids is 2. The summed E-state index contributed by atoms with van der Waals surface area (Å²) in [6, 6.07) is -1.61. The average molecular weight is 373 g/mol. The third-order valence-corrected chi connectivity index (χ3v) is 4.66. The molecule has 24 heavy (non-hydrogen) atoms. The molecule has 0 saturated carbocycles. The van der Waals surface area contributed by atoms with Crippen LogP contribution in [0, 0.1) is 5.92 Å². The topological polar surface area (TPSA) is 98.8 Å². The second-order valence-corrected chi connectivity index (χ2v) is 7.92. The van der Waals surface area contributed by atoms with Crippen LogP contribution in [-0.4, -0.2) is 51.2 Å². The molecule has 0 aromatic rings. The van der Waals surface area contributed by atoms with E-state index in [1.807, 2.05) is 0 Å². The molecule has 0 saturated heterocycles. The van der Waals surface area contributed by atoms with E-state index in [2.05, 4.69) is 10.1 Å². The van der Waals surface area contributed by atoms with Gasteiger partial charge in [-0.1, -0.05) is 6.08 Å². The second kappa shape index (κ2) is 6.71. The van der Waals surface area contributed by atoms with Crippen LogP contribution >= 0.6 is 0 Å². The van der Waals surface area contributed by atoms with Crippen LogP contribution in [0.25, 0.3) is 0 Å². The quantitative estimate of drug-likeness (QED) is 0.734. The Hall–Kier alpha value is -1.62. The molecule has 0 bridgehead atoms. The Balaban J connectivity index is 3.42. The summed E-state index contributed by atoms with van der Waals surface area (Å²) in [5.41, 5.74) is -6.71. The minimum atomic E-state index is -5.81. The SMILES string of the molecule is COC(=O)C1NCC=C(S(=O)(=O)C(F)(F)F)C1C(=O)OC(C)(C)C. The van der Waals surface area contributed by atoms with Crippen LogP contribution in [0.1, 0.15) is 20.8 Å². The van der Waals surface area contributed by atoms with Crippen molar-refractivity contribution in [3.63, 3.8) is 0 Å². The molecule has 2 unspecified atom stereocenters. The fraction of sp³-hybridized carbons (Fsp3) is 0.692. The van der Waals surface area contributed by atoms with Gasteiger partial charge in [-0.3, -0.25) is 14.9 Å². The zero-order valence-corrected chi connectivity index (χ0v) is 14.2. The van der Waals surface area contributed by atoms with Gasteiger partial charge < -0.3 is 9.47 Å². The van der Waals surface area contributed by atoms with Crippen LogP contribution in [0.5, 0.6) is 0 Å². The van der Waals surface area contributed by atoms with Crippen LogP contribution in [0.15, 0.2) is 11.0 Å². The zero-order chi connectivity index (χ0) is 18.9. The first-order valence-corrected chi connectivity index (χ1v) is 8.26. The van der Waals surface area contributed by atoms with Crippen molar-refractivity contribution in [3.8, 4) is 0 Å². The summed E-state index contributed by atoms with van der Waals surface area (Å²) in [5, 5.41) is 2.46.